The fourth-order valence-electron chi connectivity index (χ4n) is 3.93. The summed E-state index contributed by atoms with van der Waals surface area (Å²) in [6.07, 6.45) is 1.07. The number of carbonyl (C=O) groups is 3. The van der Waals surface area contributed by atoms with E-state index in [-0.39, 0.29) is 22.8 Å². The van der Waals surface area contributed by atoms with Crippen molar-refractivity contribution in [2.75, 3.05) is 0 Å². The zero-order valence-corrected chi connectivity index (χ0v) is 15.1. The molecule has 1 N–H and O–H groups in total. The maximum atomic E-state index is 13.2. The van der Waals surface area contributed by atoms with Crippen LogP contribution in [0.3, 0.4) is 0 Å². The van der Waals surface area contributed by atoms with E-state index < -0.39 is 5.92 Å². The highest BCUT2D eigenvalue weighted by Crippen LogP contribution is 2.43. The van der Waals surface area contributed by atoms with Gasteiger partial charge in [-0.3, -0.25) is 14.4 Å². The number of dihydropyridines is 1. The fraction of sp³-hybridized carbons (Fsp3) is 0.381. The van der Waals surface area contributed by atoms with Crippen molar-refractivity contribution in [3.05, 3.63) is 58.4 Å². The van der Waals surface area contributed by atoms with Crippen molar-refractivity contribution in [3.63, 3.8) is 0 Å². The Balaban J connectivity index is 2.16. The Morgan fingerprint density at radius 1 is 1.12 bits per heavy atom. The van der Waals surface area contributed by atoms with Crippen LogP contribution >= 0.6 is 0 Å². The van der Waals surface area contributed by atoms with Gasteiger partial charge in [0.05, 0.1) is 5.92 Å². The van der Waals surface area contributed by atoms with Crippen LogP contribution in [0.5, 0.6) is 0 Å². The Hall–Kier alpha value is -2.49. The smallest absolute Gasteiger partial charge is 0.175 e. The zero-order valence-electron chi connectivity index (χ0n) is 15.1. The van der Waals surface area contributed by atoms with Crippen molar-refractivity contribution in [2.24, 2.45) is 11.3 Å². The first-order valence-electron chi connectivity index (χ1n) is 8.55. The predicted octanol–water partition coefficient (Wildman–Crippen LogP) is 3.59. The van der Waals surface area contributed by atoms with Crippen LogP contribution in [0.15, 0.2) is 52.9 Å². The fourth-order valence-corrected chi connectivity index (χ4v) is 3.93. The van der Waals surface area contributed by atoms with Crippen molar-refractivity contribution in [2.45, 2.75) is 40.5 Å². The molecule has 0 amide bonds. The Morgan fingerprint density at radius 3 is 2.36 bits per heavy atom. The molecule has 2 aliphatic rings. The van der Waals surface area contributed by atoms with Crippen LogP contribution in [0, 0.1) is 11.3 Å². The van der Waals surface area contributed by atoms with Gasteiger partial charge in [0.2, 0.25) is 0 Å². The molecule has 3 rings (SSSR count). The van der Waals surface area contributed by atoms with Gasteiger partial charge in [0.25, 0.3) is 0 Å². The topological polar surface area (TPSA) is 63.2 Å². The van der Waals surface area contributed by atoms with Gasteiger partial charge in [-0.15, -0.1) is 0 Å². The second-order valence-electron chi connectivity index (χ2n) is 7.72. The van der Waals surface area contributed by atoms with Crippen LogP contribution < -0.4 is 5.32 Å². The molecule has 25 heavy (non-hydrogen) atoms. The lowest BCUT2D eigenvalue weighted by atomic mass is 9.68. The summed E-state index contributed by atoms with van der Waals surface area (Å²) in [5.41, 5.74) is 2.70. The first-order valence-corrected chi connectivity index (χ1v) is 8.55. The Kier molecular flexibility index (Phi) is 4.23. The number of rotatable bonds is 3. The van der Waals surface area contributed by atoms with Crippen LogP contribution in [0.25, 0.3) is 0 Å². The molecule has 0 fully saturated rings. The summed E-state index contributed by atoms with van der Waals surface area (Å²) in [5, 5.41) is 3.24. The first-order chi connectivity index (χ1) is 11.7. The van der Waals surface area contributed by atoms with Gasteiger partial charge in [0.1, 0.15) is 0 Å². The van der Waals surface area contributed by atoms with Crippen LogP contribution in [0.1, 0.15) is 50.9 Å². The van der Waals surface area contributed by atoms with Gasteiger partial charge >= 0.3 is 0 Å². The molecule has 4 nitrogen and oxygen atoms in total. The molecule has 0 radical (unpaired) electrons. The normalized spacial score (nSPS) is 22.4. The zero-order chi connectivity index (χ0) is 18.4. The van der Waals surface area contributed by atoms with E-state index in [1.54, 1.807) is 31.2 Å². The molecule has 1 atom stereocenters. The third-order valence-electron chi connectivity index (χ3n) is 4.94. The molecule has 1 aromatic rings. The number of benzene rings is 1. The highest BCUT2D eigenvalue weighted by molar-refractivity contribution is 6.15. The molecule has 0 saturated carbocycles. The van der Waals surface area contributed by atoms with Gasteiger partial charge in [0, 0.05) is 34.5 Å². The van der Waals surface area contributed by atoms with E-state index in [0.29, 0.717) is 35.2 Å². The molecule has 0 saturated heterocycles. The van der Waals surface area contributed by atoms with Crippen LogP contribution in [0.4, 0.5) is 0 Å². The Bertz CT molecular complexity index is 828. The Morgan fingerprint density at radius 2 is 1.76 bits per heavy atom. The van der Waals surface area contributed by atoms with E-state index in [4.69, 9.17) is 0 Å². The molecular weight excluding hydrogens is 314 g/mol. The first kappa shape index (κ1) is 17.3. The molecule has 4 heteroatoms. The lowest BCUT2D eigenvalue weighted by Gasteiger charge is -2.38. The van der Waals surface area contributed by atoms with Crippen molar-refractivity contribution in [1.82, 2.24) is 5.32 Å². The molecule has 0 spiro atoms. The average Bonchev–Trinajstić information content (AvgIpc) is 2.52. The lowest BCUT2D eigenvalue weighted by molar-refractivity contribution is -0.118. The van der Waals surface area contributed by atoms with Gasteiger partial charge in [-0.25, -0.2) is 0 Å². The van der Waals surface area contributed by atoms with Crippen molar-refractivity contribution in [3.8, 4) is 0 Å². The van der Waals surface area contributed by atoms with Gasteiger partial charge in [0.15, 0.2) is 17.3 Å². The third kappa shape index (κ3) is 3.09. The van der Waals surface area contributed by atoms with Crippen molar-refractivity contribution < 1.29 is 14.4 Å². The van der Waals surface area contributed by atoms with E-state index in [1.165, 1.54) is 6.92 Å². The second-order valence-corrected chi connectivity index (χ2v) is 7.72. The molecule has 1 heterocycles. The van der Waals surface area contributed by atoms with Gasteiger partial charge in [-0.2, -0.15) is 0 Å². The van der Waals surface area contributed by atoms with Crippen molar-refractivity contribution in [1.29, 1.82) is 0 Å². The quantitative estimate of drug-likeness (QED) is 0.856. The van der Waals surface area contributed by atoms with Crippen LogP contribution in [0.2, 0.25) is 0 Å². The summed E-state index contributed by atoms with van der Waals surface area (Å²) in [7, 11) is 0. The highest BCUT2D eigenvalue weighted by atomic mass is 16.1. The molecule has 0 bridgehead atoms. The predicted molar refractivity (Wildman–Crippen MR) is 95.8 cm³/mol. The SMILES string of the molecule is CC(=O)C1=C(C)NC2=C(C(=O)CC(C)(C)C2)C1C(=O)c1ccccc1. The summed E-state index contributed by atoms with van der Waals surface area (Å²) in [4.78, 5) is 38.4. The monoisotopic (exact) mass is 337 g/mol. The number of hydrogen-bond donors (Lipinski definition) is 1. The lowest BCUT2D eigenvalue weighted by Crippen LogP contribution is -2.41. The number of hydrogen-bond acceptors (Lipinski definition) is 4. The second kappa shape index (κ2) is 6.10. The minimum absolute atomic E-state index is 0.0423. The number of nitrogens with one attached hydrogen (secondary N) is 1. The highest BCUT2D eigenvalue weighted by Gasteiger charge is 2.44. The maximum Gasteiger partial charge on any atom is 0.175 e. The largest absolute Gasteiger partial charge is 0.362 e. The van der Waals surface area contributed by atoms with E-state index in [9.17, 15) is 14.4 Å². The minimum Gasteiger partial charge on any atom is -0.362 e. The van der Waals surface area contributed by atoms with E-state index in [2.05, 4.69) is 5.32 Å². The average molecular weight is 337 g/mol. The van der Waals surface area contributed by atoms with Gasteiger partial charge in [-0.1, -0.05) is 44.2 Å². The molecule has 1 unspecified atom stereocenters. The van der Waals surface area contributed by atoms with Crippen LogP contribution in [-0.4, -0.2) is 17.3 Å². The molecule has 130 valence electrons. The van der Waals surface area contributed by atoms with Gasteiger partial charge < -0.3 is 5.32 Å². The number of Topliss-reactive ketones (excluding diaryl/α,β-unsaturated/α-hetero) is 3. The van der Waals surface area contributed by atoms with Crippen molar-refractivity contribution >= 4 is 17.3 Å². The summed E-state index contributed by atoms with van der Waals surface area (Å²) >= 11 is 0. The Labute approximate surface area is 148 Å². The number of ketones is 3. The van der Waals surface area contributed by atoms with E-state index in [0.717, 1.165) is 5.70 Å². The maximum absolute atomic E-state index is 13.2. The summed E-state index contributed by atoms with van der Waals surface area (Å²) < 4.78 is 0. The summed E-state index contributed by atoms with van der Waals surface area (Å²) in [6.45, 7) is 7.35. The molecule has 1 aliphatic heterocycles. The van der Waals surface area contributed by atoms with E-state index in [1.807, 2.05) is 19.9 Å². The third-order valence-corrected chi connectivity index (χ3v) is 4.94. The molecular formula is C21H23NO3. The summed E-state index contributed by atoms with van der Waals surface area (Å²) in [5.74, 6) is -1.21. The molecule has 1 aliphatic carbocycles. The minimum atomic E-state index is -0.806. The van der Waals surface area contributed by atoms with Gasteiger partial charge in [-0.05, 0) is 25.7 Å². The standard InChI is InChI=1S/C21H23NO3/c1-12-17(13(2)23)19(20(25)14-8-6-5-7-9-14)18-15(22-12)10-21(3,4)11-16(18)24/h5-9,19,22H,10-11H2,1-4H3. The number of carbonyl (C=O) groups excluding carboxylic acids is 3. The molecule has 0 aromatic heterocycles. The molecule has 1 aromatic carbocycles. The summed E-state index contributed by atoms with van der Waals surface area (Å²) in [6, 6.07) is 8.88. The van der Waals surface area contributed by atoms with Crippen LogP contribution in [-0.2, 0) is 9.59 Å². The number of allylic oxidation sites excluding steroid dienone is 4. The van der Waals surface area contributed by atoms with E-state index >= 15 is 0 Å².